The summed E-state index contributed by atoms with van der Waals surface area (Å²) in [4.78, 5) is 23.7. The Morgan fingerprint density at radius 2 is 1.96 bits per heavy atom. The molecule has 9 heteroatoms. The molecular weight excluding hydrogens is 655 g/mol. The highest BCUT2D eigenvalue weighted by molar-refractivity contribution is 14.1. The third-order valence-corrected chi connectivity index (χ3v) is 5.79. The number of carbonyl (C=O) groups is 2. The molecule has 0 aromatic heterocycles. The summed E-state index contributed by atoms with van der Waals surface area (Å²) < 4.78 is 7.81. The van der Waals surface area contributed by atoms with Gasteiger partial charge in [-0.15, -0.1) is 0 Å². The van der Waals surface area contributed by atoms with Crippen molar-refractivity contribution in [2.45, 2.75) is 32.3 Å². The molecule has 0 aliphatic heterocycles. The Morgan fingerprint density at radius 3 is 2.50 bits per heavy atom. The van der Waals surface area contributed by atoms with Gasteiger partial charge in [-0.2, -0.15) is 0 Å². The van der Waals surface area contributed by atoms with Crippen LogP contribution in [0.3, 0.4) is 0 Å². The number of unbranched alkanes of at least 4 members (excludes halogenated alkanes) is 1. The van der Waals surface area contributed by atoms with E-state index in [4.69, 9.17) is 9.84 Å². The van der Waals surface area contributed by atoms with Gasteiger partial charge >= 0.3 is 5.97 Å². The van der Waals surface area contributed by atoms with Crippen LogP contribution in [-0.4, -0.2) is 41.3 Å². The van der Waals surface area contributed by atoms with Crippen molar-refractivity contribution >= 4 is 79.6 Å². The molecule has 0 radical (unpaired) electrons. The van der Waals surface area contributed by atoms with Gasteiger partial charge in [0.1, 0.15) is 5.75 Å². The van der Waals surface area contributed by atoms with Crippen molar-refractivity contribution in [3.05, 3.63) is 22.3 Å². The van der Waals surface area contributed by atoms with Gasteiger partial charge in [0.2, 0.25) is 0 Å². The molecule has 0 bridgehead atoms. The van der Waals surface area contributed by atoms with Crippen molar-refractivity contribution < 1.29 is 24.5 Å². The van der Waals surface area contributed by atoms with E-state index in [-0.39, 0.29) is 19.1 Å². The second kappa shape index (κ2) is 11.0. The van der Waals surface area contributed by atoms with Crippen LogP contribution in [-0.2, 0) is 4.79 Å². The number of ether oxygens (including phenoxy) is 1. The maximum Gasteiger partial charge on any atom is 0.344 e. The number of carboxylic acid groups (broad SMARTS) is 1. The normalized spacial score (nSPS) is 11.9. The molecule has 0 saturated heterocycles. The highest BCUT2D eigenvalue weighted by Gasteiger charge is 2.25. The molecule has 1 atom stereocenters. The minimum Gasteiger partial charge on any atom is -0.479 e. The molecule has 3 N–H and O–H groups in total. The van der Waals surface area contributed by atoms with Gasteiger partial charge in [0.15, 0.2) is 6.10 Å². The number of carbonyl (C=O) groups excluding carboxylic acids is 1. The Balaban J connectivity index is 3.18. The zero-order chi connectivity index (χ0) is 18.3. The van der Waals surface area contributed by atoms with Crippen LogP contribution in [0.25, 0.3) is 0 Å². The van der Waals surface area contributed by atoms with Gasteiger partial charge in [0.05, 0.1) is 19.3 Å². The largest absolute Gasteiger partial charge is 0.479 e. The SMILES string of the molecule is CCCCC(Oc1c(I)cc(I)c(C(=O)NCCO)c1I)C(=O)O. The van der Waals surface area contributed by atoms with Crippen molar-refractivity contribution in [3.8, 4) is 5.75 Å². The maximum absolute atomic E-state index is 12.3. The molecule has 0 aliphatic carbocycles. The summed E-state index contributed by atoms with van der Waals surface area (Å²) in [5.74, 6) is -0.923. The molecule has 1 aromatic rings. The number of amides is 1. The molecule has 1 amide bonds. The number of nitrogens with one attached hydrogen (secondary N) is 1. The molecular formula is C15H18I3NO5. The van der Waals surface area contributed by atoms with Crippen LogP contribution in [0.5, 0.6) is 5.75 Å². The van der Waals surface area contributed by atoms with Crippen molar-refractivity contribution in [3.63, 3.8) is 0 Å². The minimum absolute atomic E-state index is 0.148. The fourth-order valence-electron chi connectivity index (χ4n) is 1.91. The first kappa shape index (κ1) is 22.2. The van der Waals surface area contributed by atoms with E-state index in [0.29, 0.717) is 21.3 Å². The lowest BCUT2D eigenvalue weighted by molar-refractivity contribution is -0.145. The summed E-state index contributed by atoms with van der Waals surface area (Å²) in [6, 6.07) is 1.78. The molecule has 1 unspecified atom stereocenters. The second-order valence-electron chi connectivity index (χ2n) is 4.92. The van der Waals surface area contributed by atoms with Crippen molar-refractivity contribution in [1.29, 1.82) is 0 Å². The quantitative estimate of drug-likeness (QED) is 0.351. The summed E-state index contributed by atoms with van der Waals surface area (Å²) in [6.07, 6.45) is 1.09. The Morgan fingerprint density at radius 1 is 1.29 bits per heavy atom. The van der Waals surface area contributed by atoms with Crippen LogP contribution < -0.4 is 10.1 Å². The Hall–Kier alpha value is 0.110. The zero-order valence-electron chi connectivity index (χ0n) is 12.9. The highest BCUT2D eigenvalue weighted by Crippen LogP contribution is 2.34. The number of rotatable bonds is 9. The Kier molecular flexibility index (Phi) is 10.1. The summed E-state index contributed by atoms with van der Waals surface area (Å²) >= 11 is 6.14. The summed E-state index contributed by atoms with van der Waals surface area (Å²) in [7, 11) is 0. The number of hydrogen-bond acceptors (Lipinski definition) is 4. The van der Waals surface area contributed by atoms with Gasteiger partial charge in [-0.1, -0.05) is 13.3 Å². The number of hydrogen-bond donors (Lipinski definition) is 3. The summed E-state index contributed by atoms with van der Waals surface area (Å²) in [6.45, 7) is 1.99. The first-order valence-corrected chi connectivity index (χ1v) is 10.5. The average Bonchev–Trinajstić information content (AvgIpc) is 2.51. The van der Waals surface area contributed by atoms with Gasteiger partial charge < -0.3 is 20.3 Å². The fourth-order valence-corrected chi connectivity index (χ4v) is 6.03. The van der Waals surface area contributed by atoms with Gasteiger partial charge in [0, 0.05) is 10.1 Å². The van der Waals surface area contributed by atoms with Crippen LogP contribution >= 0.6 is 67.8 Å². The molecule has 6 nitrogen and oxygen atoms in total. The topological polar surface area (TPSA) is 95.9 Å². The molecule has 1 rings (SSSR count). The zero-order valence-corrected chi connectivity index (χ0v) is 19.4. The van der Waals surface area contributed by atoms with Gasteiger partial charge in [-0.05, 0) is 86.7 Å². The average molecular weight is 673 g/mol. The Bertz CT molecular complexity index is 609. The molecule has 134 valence electrons. The van der Waals surface area contributed by atoms with E-state index in [0.717, 1.165) is 20.0 Å². The number of halogens is 3. The third kappa shape index (κ3) is 6.12. The number of carboxylic acids is 1. The number of benzene rings is 1. The van der Waals surface area contributed by atoms with Crippen molar-refractivity contribution in [1.82, 2.24) is 5.32 Å². The molecule has 1 aromatic carbocycles. The van der Waals surface area contributed by atoms with E-state index in [1.165, 1.54) is 0 Å². The standard InChI is InChI=1S/C15H18I3NO5/c1-2-3-4-10(15(22)23)24-13-9(17)7-8(16)11(12(13)18)14(21)19-5-6-20/h7,10,20H,2-6H2,1H3,(H,19,21)(H,22,23). The van der Waals surface area contributed by atoms with Crippen LogP contribution in [0.2, 0.25) is 0 Å². The van der Waals surface area contributed by atoms with Crippen molar-refractivity contribution in [2.24, 2.45) is 0 Å². The summed E-state index contributed by atoms with van der Waals surface area (Å²) in [5.41, 5.74) is 0.430. The van der Waals surface area contributed by atoms with Gasteiger partial charge in [-0.25, -0.2) is 4.79 Å². The predicted molar refractivity (Wildman–Crippen MR) is 116 cm³/mol. The maximum atomic E-state index is 12.3. The lowest BCUT2D eigenvalue weighted by atomic mass is 10.1. The van der Waals surface area contributed by atoms with E-state index >= 15 is 0 Å². The molecule has 24 heavy (non-hydrogen) atoms. The Labute approximate surface area is 181 Å². The molecule has 0 aliphatic rings. The molecule has 0 saturated carbocycles. The number of aliphatic carboxylic acids is 1. The lowest BCUT2D eigenvalue weighted by Crippen LogP contribution is -2.30. The minimum atomic E-state index is -1.01. The van der Waals surface area contributed by atoms with E-state index in [2.05, 4.69) is 50.5 Å². The van der Waals surface area contributed by atoms with Crippen molar-refractivity contribution in [2.75, 3.05) is 13.2 Å². The monoisotopic (exact) mass is 673 g/mol. The van der Waals surface area contributed by atoms with Crippen LogP contribution in [0.15, 0.2) is 6.07 Å². The highest BCUT2D eigenvalue weighted by atomic mass is 127. The fraction of sp³-hybridized carbons (Fsp3) is 0.467. The summed E-state index contributed by atoms with van der Waals surface area (Å²) in [5, 5.41) is 20.8. The van der Waals surface area contributed by atoms with Crippen LogP contribution in [0.1, 0.15) is 36.5 Å². The lowest BCUT2D eigenvalue weighted by Gasteiger charge is -2.19. The van der Waals surface area contributed by atoms with Gasteiger partial charge in [-0.3, -0.25) is 4.79 Å². The first-order chi connectivity index (χ1) is 11.3. The van der Waals surface area contributed by atoms with E-state index in [1.807, 2.05) is 29.5 Å². The molecule has 0 spiro atoms. The number of aliphatic hydroxyl groups excluding tert-OH is 1. The smallest absolute Gasteiger partial charge is 0.344 e. The molecule has 0 fully saturated rings. The first-order valence-electron chi connectivity index (χ1n) is 7.29. The van der Waals surface area contributed by atoms with E-state index in [9.17, 15) is 14.7 Å². The third-order valence-electron chi connectivity index (χ3n) is 3.11. The predicted octanol–water partition coefficient (Wildman–Crippen LogP) is 3.24. The molecule has 0 heterocycles. The van der Waals surface area contributed by atoms with E-state index in [1.54, 1.807) is 6.07 Å². The van der Waals surface area contributed by atoms with Gasteiger partial charge in [0.25, 0.3) is 5.91 Å². The van der Waals surface area contributed by atoms with Crippen LogP contribution in [0.4, 0.5) is 0 Å². The number of aliphatic hydroxyl groups is 1. The van der Waals surface area contributed by atoms with Crippen LogP contribution in [0, 0.1) is 10.7 Å². The second-order valence-corrected chi connectivity index (χ2v) is 8.33. The van der Waals surface area contributed by atoms with E-state index < -0.39 is 12.1 Å².